The van der Waals surface area contributed by atoms with Crippen LogP contribution in [0.4, 0.5) is 11.4 Å². The van der Waals surface area contributed by atoms with Gasteiger partial charge in [0.25, 0.3) is 0 Å². The molecule has 0 spiro atoms. The number of hydrogen-bond donors (Lipinski definition) is 3. The predicted molar refractivity (Wildman–Crippen MR) is 128 cm³/mol. The molecule has 194 valence electrons. The molecule has 0 fully saturated rings. The van der Waals surface area contributed by atoms with Gasteiger partial charge in [0.1, 0.15) is 6.04 Å². The molecule has 2 rings (SSSR count). The molecule has 0 aliphatic heterocycles. The first kappa shape index (κ1) is 28.2. The molecule has 0 aromatic heterocycles. The van der Waals surface area contributed by atoms with Gasteiger partial charge in [-0.1, -0.05) is 12.1 Å². The zero-order chi connectivity index (χ0) is 26.9. The third-order valence-electron chi connectivity index (χ3n) is 4.85. The maximum atomic E-state index is 12.5. The minimum absolute atomic E-state index is 0.0427. The molecular weight excluding hydrogens is 496 g/mol. The normalized spacial score (nSPS) is 11.8. The van der Waals surface area contributed by atoms with Crippen molar-refractivity contribution in [1.82, 2.24) is 5.32 Å². The van der Waals surface area contributed by atoms with Crippen molar-refractivity contribution in [2.75, 3.05) is 19.0 Å². The maximum absolute atomic E-state index is 12.5. The number of anilines is 1. The molecule has 0 bridgehead atoms. The smallest absolute Gasteiger partial charge is 0.328 e. The summed E-state index contributed by atoms with van der Waals surface area (Å²) in [6.45, 7) is 1.63. The van der Waals surface area contributed by atoms with Gasteiger partial charge in [-0.05, 0) is 31.2 Å². The summed E-state index contributed by atoms with van der Waals surface area (Å²) < 4.78 is 32.7. The van der Waals surface area contributed by atoms with Crippen molar-refractivity contribution in [3.63, 3.8) is 0 Å². The van der Waals surface area contributed by atoms with Crippen LogP contribution in [0, 0.1) is 10.1 Å². The van der Waals surface area contributed by atoms with Crippen LogP contribution in [0.2, 0.25) is 0 Å². The van der Waals surface area contributed by atoms with Crippen molar-refractivity contribution < 1.29 is 37.2 Å². The molecular formula is C22H26N4O9S. The van der Waals surface area contributed by atoms with Crippen LogP contribution < -0.4 is 20.5 Å². The summed E-state index contributed by atoms with van der Waals surface area (Å²) in [5.41, 5.74) is 0.318. The summed E-state index contributed by atoms with van der Waals surface area (Å²) in [6, 6.07) is 8.18. The maximum Gasteiger partial charge on any atom is 0.328 e. The van der Waals surface area contributed by atoms with Crippen LogP contribution in [0.3, 0.4) is 0 Å². The SMILES string of the molecule is CCOC(=O)[C@H](Cc1cccc([N+](=O)[O-])c1OC)NC(=O)CCC(=O)Nc1ccc(S(N)(=O)=O)cc1. The average molecular weight is 523 g/mol. The monoisotopic (exact) mass is 522 g/mol. The number of nitro groups is 1. The lowest BCUT2D eigenvalue weighted by atomic mass is 10.0. The van der Waals surface area contributed by atoms with Crippen LogP contribution in [0.1, 0.15) is 25.3 Å². The molecule has 0 radical (unpaired) electrons. The number of methoxy groups -OCH3 is 1. The number of carbonyl (C=O) groups excluding carboxylic acids is 3. The van der Waals surface area contributed by atoms with E-state index in [1.54, 1.807) is 6.92 Å². The van der Waals surface area contributed by atoms with E-state index in [9.17, 15) is 32.9 Å². The molecule has 4 N–H and O–H groups in total. The van der Waals surface area contributed by atoms with Crippen LogP contribution in [-0.2, 0) is 35.6 Å². The van der Waals surface area contributed by atoms with E-state index in [1.165, 1.54) is 49.6 Å². The van der Waals surface area contributed by atoms with E-state index in [0.717, 1.165) is 0 Å². The number of sulfonamides is 1. The third kappa shape index (κ3) is 8.02. The number of benzene rings is 2. The molecule has 1 atom stereocenters. The second-order valence-electron chi connectivity index (χ2n) is 7.42. The molecule has 0 aliphatic carbocycles. The van der Waals surface area contributed by atoms with Crippen LogP contribution >= 0.6 is 0 Å². The highest BCUT2D eigenvalue weighted by Crippen LogP contribution is 2.31. The quantitative estimate of drug-likeness (QED) is 0.209. The average Bonchev–Trinajstić information content (AvgIpc) is 2.82. The zero-order valence-electron chi connectivity index (χ0n) is 19.6. The number of nitrogens with two attached hydrogens (primary N) is 1. The first-order valence-electron chi connectivity index (χ1n) is 10.6. The Morgan fingerprint density at radius 1 is 1.08 bits per heavy atom. The summed E-state index contributed by atoms with van der Waals surface area (Å²) in [5, 5.41) is 21.3. The van der Waals surface area contributed by atoms with Crippen LogP contribution in [0.5, 0.6) is 5.75 Å². The number of esters is 1. The highest BCUT2D eigenvalue weighted by atomic mass is 32.2. The summed E-state index contributed by atoms with van der Waals surface area (Å²) in [4.78, 5) is 47.6. The zero-order valence-corrected chi connectivity index (χ0v) is 20.4. The lowest BCUT2D eigenvalue weighted by molar-refractivity contribution is -0.385. The number of rotatable bonds is 12. The number of hydrogen-bond acceptors (Lipinski definition) is 9. The molecule has 0 unspecified atom stereocenters. The second kappa shape index (κ2) is 12.6. The first-order chi connectivity index (χ1) is 17.0. The van der Waals surface area contributed by atoms with E-state index in [1.807, 2.05) is 0 Å². The highest BCUT2D eigenvalue weighted by Gasteiger charge is 2.27. The fraction of sp³-hybridized carbons (Fsp3) is 0.318. The number of amides is 2. The highest BCUT2D eigenvalue weighted by molar-refractivity contribution is 7.89. The van der Waals surface area contributed by atoms with E-state index < -0.39 is 38.8 Å². The van der Waals surface area contributed by atoms with Crippen molar-refractivity contribution in [3.8, 4) is 5.75 Å². The van der Waals surface area contributed by atoms with Gasteiger partial charge in [-0.25, -0.2) is 18.4 Å². The summed E-state index contributed by atoms with van der Waals surface area (Å²) >= 11 is 0. The van der Waals surface area contributed by atoms with Gasteiger partial charge in [-0.2, -0.15) is 0 Å². The molecule has 14 heteroatoms. The van der Waals surface area contributed by atoms with Gasteiger partial charge in [-0.3, -0.25) is 19.7 Å². The lowest BCUT2D eigenvalue weighted by Gasteiger charge is -2.18. The number of nitrogens with one attached hydrogen (secondary N) is 2. The second-order valence-corrected chi connectivity index (χ2v) is 8.98. The van der Waals surface area contributed by atoms with Crippen molar-refractivity contribution >= 4 is 39.2 Å². The van der Waals surface area contributed by atoms with Crippen molar-refractivity contribution in [1.29, 1.82) is 0 Å². The topological polar surface area (TPSA) is 197 Å². The third-order valence-corrected chi connectivity index (χ3v) is 5.78. The van der Waals surface area contributed by atoms with Crippen molar-refractivity contribution in [2.24, 2.45) is 5.14 Å². The van der Waals surface area contributed by atoms with Crippen molar-refractivity contribution in [2.45, 2.75) is 37.1 Å². The number of nitrogens with zero attached hydrogens (tertiary/aromatic N) is 1. The number of primary sulfonamides is 1. The lowest BCUT2D eigenvalue weighted by Crippen LogP contribution is -2.43. The Labute approximate surface area is 207 Å². The minimum atomic E-state index is -3.87. The number of carbonyl (C=O) groups is 3. The van der Waals surface area contributed by atoms with Crippen LogP contribution in [0.15, 0.2) is 47.4 Å². The largest absolute Gasteiger partial charge is 0.490 e. The first-order valence-corrected chi connectivity index (χ1v) is 12.2. The Kier molecular flexibility index (Phi) is 9.87. The molecule has 2 aromatic carbocycles. The fourth-order valence-electron chi connectivity index (χ4n) is 3.21. The van der Waals surface area contributed by atoms with E-state index in [0.29, 0.717) is 11.3 Å². The Hall–Kier alpha value is -4.04. The van der Waals surface area contributed by atoms with E-state index >= 15 is 0 Å². The molecule has 0 saturated heterocycles. The predicted octanol–water partition coefficient (Wildman–Crippen LogP) is 1.26. The van der Waals surface area contributed by atoms with Gasteiger partial charge in [0.2, 0.25) is 21.8 Å². The Morgan fingerprint density at radius 2 is 1.72 bits per heavy atom. The summed E-state index contributed by atoms with van der Waals surface area (Å²) in [5.74, 6) is -1.95. The van der Waals surface area contributed by atoms with Crippen LogP contribution in [-0.4, -0.2) is 50.9 Å². The Balaban J connectivity index is 2.04. The van der Waals surface area contributed by atoms with Gasteiger partial charge in [0.05, 0.1) is 23.5 Å². The number of ether oxygens (including phenoxy) is 2. The molecule has 0 heterocycles. The standard InChI is InChI=1S/C22H26N4O9S/c1-3-35-22(29)17(13-14-5-4-6-18(26(30)31)21(14)34-2)25-20(28)12-11-19(27)24-15-7-9-16(10-8-15)36(23,32)33/h4-10,17H,3,11-13H2,1-2H3,(H,24,27)(H,25,28)(H2,23,32,33)/t17-/m0/s1. The van der Waals surface area contributed by atoms with E-state index in [2.05, 4.69) is 10.6 Å². The minimum Gasteiger partial charge on any atom is -0.490 e. The molecule has 2 aromatic rings. The van der Waals surface area contributed by atoms with Gasteiger partial charge >= 0.3 is 11.7 Å². The molecule has 0 aliphatic rings. The summed E-state index contributed by atoms with van der Waals surface area (Å²) in [7, 11) is -2.62. The fourth-order valence-corrected chi connectivity index (χ4v) is 3.73. The molecule has 0 saturated carbocycles. The molecule has 13 nitrogen and oxygen atoms in total. The summed E-state index contributed by atoms with van der Waals surface area (Å²) in [6.07, 6.45) is -0.653. The van der Waals surface area contributed by atoms with Crippen LogP contribution in [0.25, 0.3) is 0 Å². The van der Waals surface area contributed by atoms with Gasteiger partial charge in [0.15, 0.2) is 5.75 Å². The van der Waals surface area contributed by atoms with E-state index in [-0.39, 0.29) is 42.2 Å². The van der Waals surface area contributed by atoms with Gasteiger partial charge in [-0.15, -0.1) is 0 Å². The molecule has 2 amide bonds. The van der Waals surface area contributed by atoms with Gasteiger partial charge in [0, 0.05) is 36.6 Å². The number of nitro benzene ring substituents is 1. The van der Waals surface area contributed by atoms with E-state index in [4.69, 9.17) is 14.6 Å². The van der Waals surface area contributed by atoms with Crippen molar-refractivity contribution in [3.05, 3.63) is 58.1 Å². The molecule has 36 heavy (non-hydrogen) atoms. The Morgan fingerprint density at radius 3 is 2.28 bits per heavy atom. The number of para-hydroxylation sites is 1. The van der Waals surface area contributed by atoms with Gasteiger partial charge < -0.3 is 20.1 Å². The Bertz CT molecular complexity index is 1230.